The quantitative estimate of drug-likeness (QED) is 0.293. The number of hydrogen-bond acceptors (Lipinski definition) is 3. The van der Waals surface area contributed by atoms with Gasteiger partial charge in [0.25, 0.3) is 0 Å². The van der Waals surface area contributed by atoms with Crippen LogP contribution in [0.5, 0.6) is 0 Å². The molecule has 0 aromatic carbocycles. The van der Waals surface area contributed by atoms with Gasteiger partial charge in [-0.2, -0.15) is 0 Å². The lowest BCUT2D eigenvalue weighted by atomic mass is 10.4. The first kappa shape index (κ1) is 23.8. The topological polar surface area (TPSA) is 35.5 Å². The summed E-state index contributed by atoms with van der Waals surface area (Å²) in [6, 6.07) is 0. The second kappa shape index (κ2) is 11.4. The van der Waals surface area contributed by atoms with E-state index in [-0.39, 0.29) is 0 Å². The molecule has 0 aliphatic carbocycles. The Labute approximate surface area is 147 Å². The molecular formula is C16H38FO3PS2. The maximum atomic E-state index is 14.8. The van der Waals surface area contributed by atoms with E-state index in [1.54, 1.807) is 0 Å². The van der Waals surface area contributed by atoms with Crippen LogP contribution in [0, 0.1) is 0 Å². The summed E-state index contributed by atoms with van der Waals surface area (Å²) in [5.41, 5.74) is 0. The van der Waals surface area contributed by atoms with Crippen molar-refractivity contribution < 1.29 is 16.7 Å². The number of rotatable bonds is 14. The molecule has 144 valence electrons. The molecule has 7 heteroatoms. The van der Waals surface area contributed by atoms with E-state index in [1.807, 2.05) is 27.7 Å². The molecule has 0 fully saturated rings. The van der Waals surface area contributed by atoms with Gasteiger partial charge in [-0.3, -0.25) is 0 Å². The highest BCUT2D eigenvalue weighted by molar-refractivity contribution is 8.33. The van der Waals surface area contributed by atoms with E-state index in [0.717, 1.165) is 60.2 Å². The van der Waals surface area contributed by atoms with Crippen LogP contribution in [0.2, 0.25) is 0 Å². The standard InChI is InChI=1S/C16H38FO3PS2/c1-7-13-15-22(9-3,10-4)19-21(17,18)20-23(11-5,12-6)16-14-8-2/h7-16H2,1-6H3. The van der Waals surface area contributed by atoms with E-state index >= 15 is 0 Å². The van der Waals surface area contributed by atoms with E-state index < -0.39 is 28.5 Å². The summed E-state index contributed by atoms with van der Waals surface area (Å²) in [6.45, 7) is 12.2. The van der Waals surface area contributed by atoms with Gasteiger partial charge in [0, 0.05) is 0 Å². The van der Waals surface area contributed by atoms with Gasteiger partial charge in [-0.15, -0.1) is 24.8 Å². The zero-order valence-electron chi connectivity index (χ0n) is 15.9. The fourth-order valence-electron chi connectivity index (χ4n) is 2.48. The van der Waals surface area contributed by atoms with E-state index in [2.05, 4.69) is 13.8 Å². The minimum Gasteiger partial charge on any atom is -0.233 e. The monoisotopic (exact) mass is 392 g/mol. The van der Waals surface area contributed by atoms with Crippen LogP contribution < -0.4 is 0 Å². The molecule has 0 atom stereocenters. The summed E-state index contributed by atoms with van der Waals surface area (Å²) in [4.78, 5) is 0. The zero-order chi connectivity index (χ0) is 18.0. The Kier molecular flexibility index (Phi) is 11.8. The fourth-order valence-corrected chi connectivity index (χ4v) is 11.7. The van der Waals surface area contributed by atoms with Gasteiger partial charge in [0.15, 0.2) is 0 Å². The Morgan fingerprint density at radius 2 is 1.04 bits per heavy atom. The molecule has 23 heavy (non-hydrogen) atoms. The Hall–Kier alpha value is 0.780. The third kappa shape index (κ3) is 8.13. The predicted molar refractivity (Wildman–Crippen MR) is 108 cm³/mol. The first-order chi connectivity index (χ1) is 10.8. The minimum atomic E-state index is -4.51. The van der Waals surface area contributed by atoms with Crippen LogP contribution in [0.4, 0.5) is 4.20 Å². The molecule has 0 unspecified atom stereocenters. The number of hydrogen-bond donors (Lipinski definition) is 0. The van der Waals surface area contributed by atoms with Crippen molar-refractivity contribution in [3.63, 3.8) is 0 Å². The molecule has 0 radical (unpaired) electrons. The Morgan fingerprint density at radius 3 is 1.26 bits per heavy atom. The van der Waals surface area contributed by atoms with Gasteiger partial charge >= 0.3 is 7.91 Å². The molecule has 0 saturated heterocycles. The first-order valence-corrected chi connectivity index (χ1v) is 14.6. The lowest BCUT2D eigenvalue weighted by molar-refractivity contribution is 0.365. The van der Waals surface area contributed by atoms with E-state index in [0.29, 0.717) is 0 Å². The van der Waals surface area contributed by atoms with Crippen molar-refractivity contribution in [2.75, 3.05) is 34.5 Å². The maximum Gasteiger partial charge on any atom is 0.532 e. The lowest BCUT2D eigenvalue weighted by Gasteiger charge is -2.42. The summed E-state index contributed by atoms with van der Waals surface area (Å²) in [5.74, 6) is 4.55. The van der Waals surface area contributed by atoms with Crippen LogP contribution in [-0.2, 0) is 12.5 Å². The average Bonchev–Trinajstić information content (AvgIpc) is 2.55. The third-order valence-corrected chi connectivity index (χ3v) is 14.6. The first-order valence-electron chi connectivity index (χ1n) is 9.02. The Morgan fingerprint density at radius 1 is 0.739 bits per heavy atom. The zero-order valence-corrected chi connectivity index (χ0v) is 18.5. The molecule has 0 N–H and O–H groups in total. The van der Waals surface area contributed by atoms with Crippen LogP contribution in [0.25, 0.3) is 0 Å². The van der Waals surface area contributed by atoms with Crippen molar-refractivity contribution in [2.45, 2.75) is 67.2 Å². The summed E-state index contributed by atoms with van der Waals surface area (Å²) in [5, 5.41) is 0. The average molecular weight is 393 g/mol. The molecule has 0 rings (SSSR count). The molecule has 0 aromatic rings. The van der Waals surface area contributed by atoms with Gasteiger partial charge in [-0.05, 0) is 47.4 Å². The molecule has 0 aliphatic rings. The second-order valence-electron chi connectivity index (χ2n) is 5.78. The fraction of sp³-hybridized carbons (Fsp3) is 1.00. The smallest absolute Gasteiger partial charge is 0.233 e. The van der Waals surface area contributed by atoms with Crippen LogP contribution in [0.3, 0.4) is 0 Å². The highest BCUT2D eigenvalue weighted by Crippen LogP contribution is 2.72. The largest absolute Gasteiger partial charge is 0.532 e. The van der Waals surface area contributed by atoms with Gasteiger partial charge in [-0.1, -0.05) is 54.4 Å². The summed E-state index contributed by atoms with van der Waals surface area (Å²) < 4.78 is 38.6. The van der Waals surface area contributed by atoms with Crippen LogP contribution in [0.15, 0.2) is 0 Å². The van der Waals surface area contributed by atoms with Gasteiger partial charge in [-0.25, -0.2) is 12.5 Å². The van der Waals surface area contributed by atoms with Crippen molar-refractivity contribution in [1.29, 1.82) is 0 Å². The van der Waals surface area contributed by atoms with Crippen molar-refractivity contribution in [1.82, 2.24) is 0 Å². The molecular weight excluding hydrogens is 354 g/mol. The van der Waals surface area contributed by atoms with Crippen LogP contribution >= 0.6 is 28.5 Å². The van der Waals surface area contributed by atoms with Gasteiger partial charge in [0.1, 0.15) is 0 Å². The van der Waals surface area contributed by atoms with Crippen molar-refractivity contribution >= 4 is 28.5 Å². The molecule has 0 bridgehead atoms. The van der Waals surface area contributed by atoms with E-state index in [9.17, 15) is 8.76 Å². The third-order valence-electron chi connectivity index (χ3n) is 4.34. The van der Waals surface area contributed by atoms with Crippen LogP contribution in [-0.4, -0.2) is 34.5 Å². The Balaban J connectivity index is 5.15. The number of halogens is 1. The normalized spacial score (nSPS) is 14.9. The second-order valence-corrected chi connectivity index (χ2v) is 14.8. The SMILES string of the molecule is CCCCS(CC)(CC)OP(=O)(F)OS(CC)(CC)CCCC. The van der Waals surface area contributed by atoms with Crippen molar-refractivity contribution in [3.05, 3.63) is 0 Å². The number of unbranched alkanes of at least 4 members (excludes halogenated alkanes) is 2. The molecule has 0 aliphatic heterocycles. The molecule has 0 saturated carbocycles. The van der Waals surface area contributed by atoms with E-state index in [4.69, 9.17) is 7.94 Å². The van der Waals surface area contributed by atoms with E-state index in [1.165, 1.54) is 0 Å². The molecule has 0 amide bonds. The summed E-state index contributed by atoms with van der Waals surface area (Å²) >= 11 is 0. The van der Waals surface area contributed by atoms with Crippen LogP contribution in [0.1, 0.15) is 67.2 Å². The van der Waals surface area contributed by atoms with Crippen molar-refractivity contribution in [2.24, 2.45) is 0 Å². The highest BCUT2D eigenvalue weighted by Gasteiger charge is 2.40. The van der Waals surface area contributed by atoms with Crippen molar-refractivity contribution in [3.8, 4) is 0 Å². The molecule has 0 heterocycles. The van der Waals surface area contributed by atoms with Gasteiger partial charge in [0.05, 0.1) is 0 Å². The minimum absolute atomic E-state index is 0.732. The predicted octanol–water partition coefficient (Wildman–Crippen LogP) is 7.22. The summed E-state index contributed by atoms with van der Waals surface area (Å²) in [7, 11) is -7.81. The molecule has 0 spiro atoms. The highest BCUT2D eigenvalue weighted by atomic mass is 32.3. The molecule has 0 aromatic heterocycles. The molecule has 3 nitrogen and oxygen atoms in total. The lowest BCUT2D eigenvalue weighted by Crippen LogP contribution is -2.16. The van der Waals surface area contributed by atoms with Gasteiger partial charge < -0.3 is 0 Å². The van der Waals surface area contributed by atoms with Gasteiger partial charge in [0.2, 0.25) is 0 Å². The summed E-state index contributed by atoms with van der Waals surface area (Å²) in [6.07, 6.45) is 4.02. The Bertz CT molecular complexity index is 331. The maximum absolute atomic E-state index is 14.8.